The number of H-pyrrole nitrogens is 1. The monoisotopic (exact) mass is 442 g/mol. The molecule has 160 valence electrons. The number of aromatic amines is 1. The molecule has 0 unspecified atom stereocenters. The summed E-state index contributed by atoms with van der Waals surface area (Å²) in [6.45, 7) is 1.44. The third kappa shape index (κ3) is 3.06. The molecular formula is C24H22N6OS. The second kappa shape index (κ2) is 7.49. The number of fused-ring (bicyclic) bond motifs is 2. The highest BCUT2D eigenvalue weighted by atomic mass is 32.1. The topological polar surface area (TPSA) is 92.3 Å². The van der Waals surface area contributed by atoms with Crippen molar-refractivity contribution in [2.75, 3.05) is 18.8 Å². The number of nitrogen functional groups attached to an aromatic ring is 1. The highest BCUT2D eigenvalue weighted by Gasteiger charge is 2.29. The third-order valence-corrected chi connectivity index (χ3v) is 7.13. The minimum absolute atomic E-state index is 0.124. The number of rotatable bonds is 3. The van der Waals surface area contributed by atoms with Gasteiger partial charge in [-0.2, -0.15) is 0 Å². The van der Waals surface area contributed by atoms with E-state index in [0.717, 1.165) is 64.4 Å². The lowest BCUT2D eigenvalue weighted by Gasteiger charge is -2.31. The summed E-state index contributed by atoms with van der Waals surface area (Å²) < 4.78 is 2.07. The van der Waals surface area contributed by atoms with Crippen molar-refractivity contribution in [2.24, 2.45) is 0 Å². The molecule has 0 bridgehead atoms. The van der Waals surface area contributed by atoms with Crippen molar-refractivity contribution in [2.45, 2.75) is 18.8 Å². The molecule has 4 aromatic heterocycles. The number of benzene rings is 1. The van der Waals surface area contributed by atoms with Crippen LogP contribution in [0.25, 0.3) is 27.8 Å². The Labute approximate surface area is 188 Å². The molecule has 8 heteroatoms. The molecule has 0 spiro atoms. The second-order valence-corrected chi connectivity index (χ2v) is 9.11. The summed E-state index contributed by atoms with van der Waals surface area (Å²) in [4.78, 5) is 28.3. The van der Waals surface area contributed by atoms with Gasteiger partial charge in [-0.05, 0) is 36.4 Å². The minimum Gasteiger partial charge on any atom is -0.382 e. The molecular weight excluding hydrogens is 420 g/mol. The van der Waals surface area contributed by atoms with Crippen molar-refractivity contribution in [1.29, 1.82) is 0 Å². The molecule has 5 heterocycles. The van der Waals surface area contributed by atoms with Gasteiger partial charge in [-0.25, -0.2) is 9.97 Å². The summed E-state index contributed by atoms with van der Waals surface area (Å²) in [5.74, 6) is 1.81. The molecule has 7 nitrogen and oxygen atoms in total. The lowest BCUT2D eigenvalue weighted by molar-refractivity contribution is 0.0716. The normalized spacial score (nSPS) is 15.1. The molecule has 1 aliphatic heterocycles. The minimum atomic E-state index is 0.124. The molecule has 1 aliphatic rings. The predicted octanol–water partition coefficient (Wildman–Crippen LogP) is 4.54. The highest BCUT2D eigenvalue weighted by molar-refractivity contribution is 7.12. The van der Waals surface area contributed by atoms with Crippen LogP contribution in [0.3, 0.4) is 0 Å². The van der Waals surface area contributed by atoms with Crippen LogP contribution >= 0.6 is 11.3 Å². The molecule has 5 aromatic rings. The van der Waals surface area contributed by atoms with Crippen LogP contribution in [0.4, 0.5) is 5.82 Å². The third-order valence-electron chi connectivity index (χ3n) is 6.27. The quantitative estimate of drug-likeness (QED) is 0.429. The van der Waals surface area contributed by atoms with E-state index in [0.29, 0.717) is 5.82 Å². The maximum Gasteiger partial charge on any atom is 0.263 e. The number of hydrogen-bond acceptors (Lipinski definition) is 5. The number of anilines is 1. The van der Waals surface area contributed by atoms with Crippen LogP contribution in [0.15, 0.2) is 60.2 Å². The molecule has 1 amide bonds. The Morgan fingerprint density at radius 1 is 1.16 bits per heavy atom. The van der Waals surface area contributed by atoms with Crippen molar-refractivity contribution < 1.29 is 4.79 Å². The highest BCUT2D eigenvalue weighted by Crippen LogP contribution is 2.35. The number of nitrogens with one attached hydrogen (secondary N) is 1. The standard InChI is InChI=1S/C24H22N6OS/c25-22-21-20(18-14-16-4-1-2-5-17(16)27-18)28-23(30(21)12-9-26-22)15-7-10-29(11-8-15)24(31)19-6-3-13-32-19/h1-6,9,12-15,27H,7-8,10-11H2,(H2,25,26). The van der Waals surface area contributed by atoms with E-state index in [2.05, 4.69) is 32.6 Å². The van der Waals surface area contributed by atoms with E-state index in [1.54, 1.807) is 6.20 Å². The van der Waals surface area contributed by atoms with E-state index in [4.69, 9.17) is 10.7 Å². The van der Waals surface area contributed by atoms with E-state index in [-0.39, 0.29) is 11.8 Å². The van der Waals surface area contributed by atoms with Gasteiger partial charge in [0.25, 0.3) is 5.91 Å². The number of piperidine rings is 1. The van der Waals surface area contributed by atoms with Crippen molar-refractivity contribution in [3.05, 3.63) is 70.9 Å². The Morgan fingerprint density at radius 3 is 2.78 bits per heavy atom. The van der Waals surface area contributed by atoms with Crippen LogP contribution in [-0.4, -0.2) is 43.2 Å². The van der Waals surface area contributed by atoms with Gasteiger partial charge < -0.3 is 15.6 Å². The van der Waals surface area contributed by atoms with Gasteiger partial charge in [0.15, 0.2) is 0 Å². The molecule has 0 aliphatic carbocycles. The molecule has 6 rings (SSSR count). The first-order valence-corrected chi connectivity index (χ1v) is 11.6. The van der Waals surface area contributed by atoms with E-state index in [1.807, 2.05) is 40.7 Å². The maximum absolute atomic E-state index is 12.7. The first-order valence-electron chi connectivity index (χ1n) is 10.7. The van der Waals surface area contributed by atoms with E-state index >= 15 is 0 Å². The van der Waals surface area contributed by atoms with Gasteiger partial charge in [-0.15, -0.1) is 11.3 Å². The Hall–Kier alpha value is -3.65. The maximum atomic E-state index is 12.7. The number of imidazole rings is 1. The summed E-state index contributed by atoms with van der Waals surface area (Å²) in [5, 5.41) is 3.08. The molecule has 0 radical (unpaired) electrons. The fourth-order valence-corrected chi connectivity index (χ4v) is 5.35. The number of para-hydroxylation sites is 1. The van der Waals surface area contributed by atoms with Crippen molar-refractivity contribution in [3.8, 4) is 11.4 Å². The zero-order chi connectivity index (χ0) is 21.7. The average molecular weight is 443 g/mol. The molecule has 32 heavy (non-hydrogen) atoms. The van der Waals surface area contributed by atoms with Crippen LogP contribution in [0.2, 0.25) is 0 Å². The zero-order valence-electron chi connectivity index (χ0n) is 17.4. The largest absolute Gasteiger partial charge is 0.382 e. The lowest BCUT2D eigenvalue weighted by atomic mass is 9.96. The van der Waals surface area contributed by atoms with Gasteiger partial charge >= 0.3 is 0 Å². The summed E-state index contributed by atoms with van der Waals surface area (Å²) >= 11 is 1.50. The van der Waals surface area contributed by atoms with Gasteiger partial charge in [0.2, 0.25) is 0 Å². The number of nitrogens with zero attached hydrogens (tertiary/aromatic N) is 4. The molecule has 1 aromatic carbocycles. The van der Waals surface area contributed by atoms with Gasteiger partial charge in [-0.1, -0.05) is 24.3 Å². The van der Waals surface area contributed by atoms with Gasteiger partial charge in [0.1, 0.15) is 22.9 Å². The van der Waals surface area contributed by atoms with Crippen molar-refractivity contribution >= 4 is 39.5 Å². The molecule has 3 N–H and O–H groups in total. The number of thiophene rings is 1. The van der Waals surface area contributed by atoms with Crippen LogP contribution in [-0.2, 0) is 0 Å². The number of amides is 1. The summed E-state index contributed by atoms with van der Waals surface area (Å²) in [6, 6.07) is 14.1. The number of carbonyl (C=O) groups excluding carboxylic acids is 1. The molecule has 0 atom stereocenters. The Morgan fingerprint density at radius 2 is 2.00 bits per heavy atom. The van der Waals surface area contributed by atoms with E-state index in [9.17, 15) is 4.79 Å². The lowest BCUT2D eigenvalue weighted by Crippen LogP contribution is -2.37. The van der Waals surface area contributed by atoms with Crippen LogP contribution < -0.4 is 5.73 Å². The van der Waals surface area contributed by atoms with E-state index in [1.165, 1.54) is 11.3 Å². The Bertz CT molecular complexity index is 1390. The van der Waals surface area contributed by atoms with E-state index < -0.39 is 0 Å². The van der Waals surface area contributed by atoms with Crippen LogP contribution in [0.5, 0.6) is 0 Å². The molecule has 1 saturated heterocycles. The summed E-state index contributed by atoms with van der Waals surface area (Å²) in [6.07, 6.45) is 5.39. The average Bonchev–Trinajstić information content (AvgIpc) is 3.57. The predicted molar refractivity (Wildman–Crippen MR) is 127 cm³/mol. The number of nitrogens with two attached hydrogens (primary N) is 1. The zero-order valence-corrected chi connectivity index (χ0v) is 18.2. The molecule has 1 fully saturated rings. The summed E-state index contributed by atoms with van der Waals surface area (Å²) in [7, 11) is 0. The number of carbonyl (C=O) groups is 1. The van der Waals surface area contributed by atoms with Gasteiger partial charge in [0.05, 0.1) is 10.6 Å². The fourth-order valence-electron chi connectivity index (χ4n) is 4.66. The smallest absolute Gasteiger partial charge is 0.263 e. The SMILES string of the molecule is Nc1nccn2c(C3CCN(C(=O)c4cccs4)CC3)nc(-c3cc4ccccc4[nH]3)c12. The van der Waals surface area contributed by atoms with Gasteiger partial charge in [0, 0.05) is 42.3 Å². The fraction of sp³-hybridized carbons (Fsp3) is 0.208. The van der Waals surface area contributed by atoms with Gasteiger partial charge in [-0.3, -0.25) is 9.20 Å². The first kappa shape index (κ1) is 19.1. The molecule has 0 saturated carbocycles. The van der Waals surface area contributed by atoms with Crippen LogP contribution in [0.1, 0.15) is 34.3 Å². The number of hydrogen-bond donors (Lipinski definition) is 2. The number of aromatic nitrogens is 4. The van der Waals surface area contributed by atoms with Crippen molar-refractivity contribution in [3.63, 3.8) is 0 Å². The summed E-state index contributed by atoms with van der Waals surface area (Å²) in [5.41, 5.74) is 9.95. The Kier molecular flexibility index (Phi) is 4.46. The van der Waals surface area contributed by atoms with Crippen LogP contribution in [0, 0.1) is 0 Å². The van der Waals surface area contributed by atoms with Crippen molar-refractivity contribution in [1.82, 2.24) is 24.3 Å². The first-order chi connectivity index (χ1) is 15.7. The number of likely N-dealkylation sites (tertiary alicyclic amines) is 1. The second-order valence-electron chi connectivity index (χ2n) is 8.16. The Balaban J connectivity index is 1.35.